The number of fused-ring (bicyclic) bond motifs is 1. The highest BCUT2D eigenvalue weighted by Gasteiger charge is 2.25. The van der Waals surface area contributed by atoms with Crippen molar-refractivity contribution in [3.63, 3.8) is 0 Å². The van der Waals surface area contributed by atoms with Gasteiger partial charge >= 0.3 is 5.69 Å². The predicted octanol–water partition coefficient (Wildman–Crippen LogP) is 2.70. The van der Waals surface area contributed by atoms with Crippen molar-refractivity contribution in [2.75, 3.05) is 7.11 Å². The van der Waals surface area contributed by atoms with Crippen LogP contribution >= 0.6 is 0 Å². The van der Waals surface area contributed by atoms with Gasteiger partial charge in [0, 0.05) is 11.6 Å². The van der Waals surface area contributed by atoms with Crippen LogP contribution in [0.3, 0.4) is 0 Å². The molecular weight excluding hydrogens is 382 g/mol. The van der Waals surface area contributed by atoms with E-state index in [-0.39, 0.29) is 24.4 Å². The van der Waals surface area contributed by atoms with Gasteiger partial charge in [0.1, 0.15) is 5.75 Å². The molecule has 0 atom stereocenters. The number of nitriles is 1. The molecule has 0 saturated heterocycles. The molecule has 1 fully saturated rings. The Morgan fingerprint density at radius 3 is 2.57 bits per heavy atom. The first-order valence-corrected chi connectivity index (χ1v) is 10.1. The molecule has 1 aliphatic rings. The van der Waals surface area contributed by atoms with Gasteiger partial charge in [-0.25, -0.2) is 4.79 Å². The molecule has 2 aromatic carbocycles. The van der Waals surface area contributed by atoms with E-state index in [1.165, 1.54) is 0 Å². The Hall–Kier alpha value is -3.08. The number of benzene rings is 2. The van der Waals surface area contributed by atoms with Crippen LogP contribution in [0.15, 0.2) is 41.2 Å². The molecule has 3 aromatic rings. The van der Waals surface area contributed by atoms with Crippen molar-refractivity contribution in [3.05, 3.63) is 63.6 Å². The Labute approximate surface area is 174 Å². The van der Waals surface area contributed by atoms with Gasteiger partial charge in [0.15, 0.2) is 0 Å². The molecule has 0 amide bonds. The third kappa shape index (κ3) is 3.60. The topological polar surface area (TPSA) is 100 Å². The maximum Gasteiger partial charge on any atom is 0.329 e. The summed E-state index contributed by atoms with van der Waals surface area (Å²) in [6.07, 6.45) is 2.55. The average molecular weight is 407 g/mol. The van der Waals surface area contributed by atoms with E-state index in [1.807, 2.05) is 22.8 Å². The SMILES string of the molecule is COc1ccc(Cn2c(=O)n([C@H]3CC[C@H](O)CC3)c3ccc(C#N)cc32)cc1CO. The normalized spacial score (nSPS) is 19.0. The van der Waals surface area contributed by atoms with E-state index in [4.69, 9.17) is 4.74 Å². The summed E-state index contributed by atoms with van der Waals surface area (Å²) in [5, 5.41) is 28.8. The van der Waals surface area contributed by atoms with E-state index in [0.29, 0.717) is 41.8 Å². The highest BCUT2D eigenvalue weighted by Crippen LogP contribution is 2.31. The second-order valence-corrected chi connectivity index (χ2v) is 7.82. The number of nitrogens with zero attached hydrogens (tertiary/aromatic N) is 3. The lowest BCUT2D eigenvalue weighted by molar-refractivity contribution is 0.110. The van der Waals surface area contributed by atoms with E-state index >= 15 is 0 Å². The van der Waals surface area contributed by atoms with E-state index in [2.05, 4.69) is 6.07 Å². The van der Waals surface area contributed by atoms with Crippen LogP contribution < -0.4 is 10.4 Å². The van der Waals surface area contributed by atoms with Gasteiger partial charge in [-0.3, -0.25) is 9.13 Å². The van der Waals surface area contributed by atoms with Gasteiger partial charge in [-0.2, -0.15) is 5.26 Å². The zero-order valence-corrected chi connectivity index (χ0v) is 16.9. The summed E-state index contributed by atoms with van der Waals surface area (Å²) in [5.74, 6) is 0.601. The van der Waals surface area contributed by atoms with Gasteiger partial charge < -0.3 is 14.9 Å². The molecule has 1 aliphatic carbocycles. The Balaban J connectivity index is 1.82. The van der Waals surface area contributed by atoms with Crippen molar-refractivity contribution < 1.29 is 14.9 Å². The van der Waals surface area contributed by atoms with E-state index in [9.17, 15) is 20.3 Å². The maximum atomic E-state index is 13.5. The number of rotatable bonds is 5. The number of ether oxygens (including phenoxy) is 1. The molecule has 0 aliphatic heterocycles. The lowest BCUT2D eigenvalue weighted by Gasteiger charge is -2.26. The molecular formula is C23H25N3O4. The summed E-state index contributed by atoms with van der Waals surface area (Å²) in [4.78, 5) is 13.5. The summed E-state index contributed by atoms with van der Waals surface area (Å²) >= 11 is 0. The third-order valence-electron chi connectivity index (χ3n) is 5.98. The molecule has 2 N–H and O–H groups in total. The van der Waals surface area contributed by atoms with Gasteiger partial charge in [0.25, 0.3) is 0 Å². The molecule has 30 heavy (non-hydrogen) atoms. The van der Waals surface area contributed by atoms with Gasteiger partial charge in [0.05, 0.1) is 49.0 Å². The summed E-state index contributed by atoms with van der Waals surface area (Å²) in [6.45, 7) is 0.167. The molecule has 7 nitrogen and oxygen atoms in total. The minimum absolute atomic E-state index is 0.0291. The number of methoxy groups -OCH3 is 1. The number of imidazole rings is 1. The van der Waals surface area contributed by atoms with E-state index in [0.717, 1.165) is 23.9 Å². The number of hydrogen-bond donors (Lipinski definition) is 2. The lowest BCUT2D eigenvalue weighted by atomic mass is 9.93. The summed E-state index contributed by atoms with van der Waals surface area (Å²) in [6, 6.07) is 13.0. The van der Waals surface area contributed by atoms with Gasteiger partial charge in [-0.05, 0) is 61.6 Å². The first kappa shape index (κ1) is 20.2. The Morgan fingerprint density at radius 1 is 1.13 bits per heavy atom. The molecule has 7 heteroatoms. The molecule has 0 radical (unpaired) electrons. The van der Waals surface area contributed by atoms with Crippen molar-refractivity contribution in [3.8, 4) is 11.8 Å². The minimum atomic E-state index is -0.299. The molecule has 156 valence electrons. The first-order valence-electron chi connectivity index (χ1n) is 10.1. The quantitative estimate of drug-likeness (QED) is 0.677. The van der Waals surface area contributed by atoms with Gasteiger partial charge in [0.2, 0.25) is 0 Å². The van der Waals surface area contributed by atoms with Crippen molar-refractivity contribution in [1.29, 1.82) is 5.26 Å². The third-order valence-corrected chi connectivity index (χ3v) is 5.98. The Kier molecular flexibility index (Phi) is 5.62. The fraction of sp³-hybridized carbons (Fsp3) is 0.391. The van der Waals surface area contributed by atoms with Crippen LogP contribution in [0.25, 0.3) is 11.0 Å². The smallest absolute Gasteiger partial charge is 0.329 e. The maximum absolute atomic E-state index is 13.5. The van der Waals surface area contributed by atoms with Crippen LogP contribution in [0.5, 0.6) is 5.75 Å². The molecule has 0 unspecified atom stereocenters. The molecule has 1 saturated carbocycles. The van der Waals surface area contributed by atoms with Crippen LogP contribution in [-0.2, 0) is 13.2 Å². The molecule has 1 aromatic heterocycles. The van der Waals surface area contributed by atoms with Crippen LogP contribution in [0.1, 0.15) is 48.4 Å². The summed E-state index contributed by atoms with van der Waals surface area (Å²) in [5.41, 5.74) is 3.41. The summed E-state index contributed by atoms with van der Waals surface area (Å²) in [7, 11) is 1.55. The van der Waals surface area contributed by atoms with Gasteiger partial charge in [-0.1, -0.05) is 6.07 Å². The summed E-state index contributed by atoms with van der Waals surface area (Å²) < 4.78 is 8.77. The second kappa shape index (κ2) is 8.34. The lowest BCUT2D eigenvalue weighted by Crippen LogP contribution is -2.31. The van der Waals surface area contributed by atoms with Crippen molar-refractivity contribution in [2.45, 2.75) is 51.0 Å². The fourth-order valence-electron chi connectivity index (χ4n) is 4.41. The molecule has 1 heterocycles. The number of aliphatic hydroxyl groups excluding tert-OH is 2. The van der Waals surface area contributed by atoms with Crippen molar-refractivity contribution >= 4 is 11.0 Å². The van der Waals surface area contributed by atoms with E-state index in [1.54, 1.807) is 29.9 Å². The molecule has 4 rings (SSSR count). The first-order chi connectivity index (χ1) is 14.5. The van der Waals surface area contributed by atoms with Crippen LogP contribution in [0.2, 0.25) is 0 Å². The van der Waals surface area contributed by atoms with Crippen molar-refractivity contribution in [1.82, 2.24) is 9.13 Å². The predicted molar refractivity (Wildman–Crippen MR) is 112 cm³/mol. The standard InChI is InChI=1S/C23H25N3O4/c1-30-22-9-3-16(10-17(22)14-27)13-25-21-11-15(12-24)2-8-20(21)26(23(25)29)18-4-6-19(28)7-5-18/h2-3,8-11,18-19,27-28H,4-7,13-14H2,1H3/t18-,19-. The molecule has 0 bridgehead atoms. The van der Waals surface area contributed by atoms with Crippen molar-refractivity contribution in [2.24, 2.45) is 0 Å². The minimum Gasteiger partial charge on any atom is -0.496 e. The van der Waals surface area contributed by atoms with Crippen LogP contribution in [0.4, 0.5) is 0 Å². The Morgan fingerprint density at radius 2 is 1.90 bits per heavy atom. The highest BCUT2D eigenvalue weighted by atomic mass is 16.5. The Bertz CT molecular complexity index is 1160. The van der Waals surface area contributed by atoms with Crippen LogP contribution in [-0.4, -0.2) is 32.6 Å². The molecule has 0 spiro atoms. The average Bonchev–Trinajstić information content (AvgIpc) is 3.04. The van der Waals surface area contributed by atoms with Crippen LogP contribution in [0, 0.1) is 11.3 Å². The number of aromatic nitrogens is 2. The van der Waals surface area contributed by atoms with Gasteiger partial charge in [-0.15, -0.1) is 0 Å². The largest absolute Gasteiger partial charge is 0.496 e. The highest BCUT2D eigenvalue weighted by molar-refractivity contribution is 5.78. The second-order valence-electron chi connectivity index (χ2n) is 7.82. The monoisotopic (exact) mass is 407 g/mol. The van der Waals surface area contributed by atoms with E-state index < -0.39 is 0 Å². The zero-order valence-electron chi connectivity index (χ0n) is 16.9. The fourth-order valence-corrected chi connectivity index (χ4v) is 4.41. The zero-order chi connectivity index (χ0) is 21.3. The number of hydrogen-bond acceptors (Lipinski definition) is 5. The number of aliphatic hydroxyl groups is 2.